The van der Waals surface area contributed by atoms with Crippen LogP contribution in [0.15, 0.2) is 79.3 Å². The summed E-state index contributed by atoms with van der Waals surface area (Å²) >= 11 is 0. The Labute approximate surface area is 197 Å². The highest BCUT2D eigenvalue weighted by Gasteiger charge is 2.36. The largest absolute Gasteiger partial charge is 0.497 e. The molecule has 168 valence electrons. The second kappa shape index (κ2) is 9.50. The summed E-state index contributed by atoms with van der Waals surface area (Å²) in [7, 11) is 3.38. The zero-order valence-electron chi connectivity index (χ0n) is 18.8. The average molecular weight is 450 g/mol. The summed E-state index contributed by atoms with van der Waals surface area (Å²) < 4.78 is 13.3. The minimum absolute atomic E-state index is 0.124. The molecule has 0 bridgehead atoms. The molecule has 0 aliphatic rings. The van der Waals surface area contributed by atoms with Crippen LogP contribution in [0.5, 0.6) is 11.5 Å². The van der Waals surface area contributed by atoms with Gasteiger partial charge >= 0.3 is 0 Å². The zero-order chi connectivity index (χ0) is 24.1. The number of methoxy groups -OCH3 is 1. The Morgan fingerprint density at radius 2 is 1.74 bits per heavy atom. The molecule has 0 aliphatic carbocycles. The fourth-order valence-electron chi connectivity index (χ4n) is 3.81. The zero-order valence-corrected chi connectivity index (χ0v) is 18.8. The summed E-state index contributed by atoms with van der Waals surface area (Å²) in [5, 5.41) is 30.4. The van der Waals surface area contributed by atoms with Crippen molar-refractivity contribution in [1.82, 2.24) is 9.55 Å². The first-order chi connectivity index (χ1) is 16.5. The molecular formula is C27H22N4O3. The van der Waals surface area contributed by atoms with E-state index in [0.29, 0.717) is 39.4 Å². The van der Waals surface area contributed by atoms with E-state index < -0.39 is 5.60 Å². The molecule has 0 saturated heterocycles. The Morgan fingerprint density at radius 1 is 1.00 bits per heavy atom. The van der Waals surface area contributed by atoms with Crippen molar-refractivity contribution >= 4 is 0 Å². The van der Waals surface area contributed by atoms with Crippen molar-refractivity contribution in [3.8, 4) is 34.8 Å². The standard InChI is InChI=1S/C27H22N4O3/c1-31-18-30-16-26(31)27(32,22-9-6-19(14-28)7-10-22)17-34-25-11-8-20(15-29)12-24(25)21-4-3-5-23(13-21)33-2/h3-13,16,18,32H,17H2,1-2H3. The van der Waals surface area contributed by atoms with Gasteiger partial charge < -0.3 is 19.1 Å². The Kier molecular flexibility index (Phi) is 6.31. The van der Waals surface area contributed by atoms with Gasteiger partial charge in [-0.1, -0.05) is 24.3 Å². The van der Waals surface area contributed by atoms with Gasteiger partial charge in [0.25, 0.3) is 0 Å². The maximum absolute atomic E-state index is 11.9. The molecule has 34 heavy (non-hydrogen) atoms. The van der Waals surface area contributed by atoms with Gasteiger partial charge in [-0.25, -0.2) is 4.98 Å². The van der Waals surface area contributed by atoms with Gasteiger partial charge in [-0.15, -0.1) is 0 Å². The molecule has 0 saturated carbocycles. The third-order valence-corrected chi connectivity index (χ3v) is 5.66. The number of hydrogen-bond acceptors (Lipinski definition) is 6. The van der Waals surface area contributed by atoms with Gasteiger partial charge in [0.15, 0.2) is 5.60 Å². The van der Waals surface area contributed by atoms with Gasteiger partial charge in [0.1, 0.15) is 18.1 Å². The van der Waals surface area contributed by atoms with Gasteiger partial charge in [-0.2, -0.15) is 10.5 Å². The van der Waals surface area contributed by atoms with Crippen molar-refractivity contribution in [3.05, 3.63) is 102 Å². The van der Waals surface area contributed by atoms with Gasteiger partial charge in [-0.05, 0) is 53.6 Å². The third kappa shape index (κ3) is 4.33. The molecule has 0 spiro atoms. The maximum Gasteiger partial charge on any atom is 0.165 e. The Balaban J connectivity index is 1.75. The second-order valence-electron chi connectivity index (χ2n) is 7.78. The van der Waals surface area contributed by atoms with Crippen LogP contribution in [0, 0.1) is 22.7 Å². The van der Waals surface area contributed by atoms with Crippen molar-refractivity contribution in [2.75, 3.05) is 13.7 Å². The lowest BCUT2D eigenvalue weighted by molar-refractivity contribution is 0.0218. The van der Waals surface area contributed by atoms with Crippen LogP contribution in [0.25, 0.3) is 11.1 Å². The Bertz CT molecular complexity index is 1400. The maximum atomic E-state index is 11.9. The summed E-state index contributed by atoms with van der Waals surface area (Å²) in [4.78, 5) is 4.15. The van der Waals surface area contributed by atoms with Crippen LogP contribution in [0.2, 0.25) is 0 Å². The highest BCUT2D eigenvalue weighted by molar-refractivity contribution is 5.73. The number of imidazole rings is 1. The number of ether oxygens (including phenoxy) is 2. The molecule has 0 radical (unpaired) electrons. The molecule has 7 heteroatoms. The first-order valence-electron chi connectivity index (χ1n) is 10.5. The van der Waals surface area contributed by atoms with Crippen LogP contribution in [0.4, 0.5) is 0 Å². The van der Waals surface area contributed by atoms with Crippen LogP contribution in [0.3, 0.4) is 0 Å². The number of rotatable bonds is 7. The molecular weight excluding hydrogens is 428 g/mol. The van der Waals surface area contributed by atoms with E-state index in [-0.39, 0.29) is 6.61 Å². The lowest BCUT2D eigenvalue weighted by Gasteiger charge is -2.29. The molecule has 1 heterocycles. The van der Waals surface area contributed by atoms with Gasteiger partial charge in [0.05, 0.1) is 48.6 Å². The fraction of sp³-hybridized carbons (Fsp3) is 0.148. The van der Waals surface area contributed by atoms with Crippen LogP contribution in [-0.2, 0) is 12.6 Å². The number of aliphatic hydroxyl groups is 1. The number of hydrogen-bond donors (Lipinski definition) is 1. The predicted octanol–water partition coefficient (Wildman–Crippen LogP) is 4.15. The third-order valence-electron chi connectivity index (χ3n) is 5.66. The average Bonchev–Trinajstić information content (AvgIpc) is 3.33. The molecule has 1 atom stereocenters. The quantitative estimate of drug-likeness (QED) is 0.454. The number of aryl methyl sites for hydroxylation is 1. The molecule has 1 aromatic heterocycles. The van der Waals surface area contributed by atoms with Gasteiger partial charge in [0.2, 0.25) is 0 Å². The summed E-state index contributed by atoms with van der Waals surface area (Å²) in [5.41, 5.74) is 2.04. The lowest BCUT2D eigenvalue weighted by Crippen LogP contribution is -2.36. The van der Waals surface area contributed by atoms with E-state index in [0.717, 1.165) is 5.56 Å². The summed E-state index contributed by atoms with van der Waals surface area (Å²) in [5.74, 6) is 1.18. The van der Waals surface area contributed by atoms with E-state index in [2.05, 4.69) is 17.1 Å². The highest BCUT2D eigenvalue weighted by Crippen LogP contribution is 2.36. The second-order valence-corrected chi connectivity index (χ2v) is 7.78. The Morgan fingerprint density at radius 3 is 2.38 bits per heavy atom. The number of nitrogens with zero attached hydrogens (tertiary/aromatic N) is 4. The van der Waals surface area contributed by atoms with E-state index in [4.69, 9.17) is 14.7 Å². The monoisotopic (exact) mass is 450 g/mol. The van der Waals surface area contributed by atoms with Crippen molar-refractivity contribution in [3.63, 3.8) is 0 Å². The molecule has 0 fully saturated rings. The topological polar surface area (TPSA) is 104 Å². The highest BCUT2D eigenvalue weighted by atomic mass is 16.5. The van der Waals surface area contributed by atoms with E-state index in [1.54, 1.807) is 73.7 Å². The van der Waals surface area contributed by atoms with E-state index in [1.165, 1.54) is 0 Å². The molecule has 7 nitrogen and oxygen atoms in total. The van der Waals surface area contributed by atoms with Crippen LogP contribution in [0.1, 0.15) is 22.4 Å². The minimum atomic E-state index is -1.54. The molecule has 1 N–H and O–H groups in total. The first kappa shape index (κ1) is 22.6. The number of aromatic nitrogens is 2. The van der Waals surface area contributed by atoms with Crippen molar-refractivity contribution in [2.45, 2.75) is 5.60 Å². The molecule has 4 rings (SSSR count). The predicted molar refractivity (Wildman–Crippen MR) is 126 cm³/mol. The number of benzene rings is 3. The lowest BCUT2D eigenvalue weighted by atomic mass is 9.90. The van der Waals surface area contributed by atoms with Crippen molar-refractivity contribution < 1.29 is 14.6 Å². The molecule has 0 amide bonds. The summed E-state index contributed by atoms with van der Waals surface area (Å²) in [6.45, 7) is -0.124. The van der Waals surface area contributed by atoms with Crippen molar-refractivity contribution in [1.29, 1.82) is 10.5 Å². The van der Waals surface area contributed by atoms with Crippen molar-refractivity contribution in [2.24, 2.45) is 7.05 Å². The molecule has 1 unspecified atom stereocenters. The van der Waals surface area contributed by atoms with Crippen LogP contribution < -0.4 is 9.47 Å². The first-order valence-corrected chi connectivity index (χ1v) is 10.5. The molecule has 4 aromatic rings. The smallest absolute Gasteiger partial charge is 0.165 e. The van der Waals surface area contributed by atoms with Gasteiger partial charge in [-0.3, -0.25) is 0 Å². The normalized spacial score (nSPS) is 12.3. The minimum Gasteiger partial charge on any atom is -0.497 e. The molecule has 0 aliphatic heterocycles. The van der Waals surface area contributed by atoms with E-state index in [9.17, 15) is 10.4 Å². The van der Waals surface area contributed by atoms with Gasteiger partial charge in [0, 0.05) is 12.6 Å². The van der Waals surface area contributed by atoms with E-state index in [1.807, 2.05) is 24.3 Å². The summed E-state index contributed by atoms with van der Waals surface area (Å²) in [6.07, 6.45) is 3.19. The number of nitriles is 2. The van der Waals surface area contributed by atoms with Crippen LogP contribution >= 0.6 is 0 Å². The summed E-state index contributed by atoms with van der Waals surface area (Å²) in [6, 6.07) is 23.6. The Hall–Kier alpha value is -4.59. The molecule has 3 aromatic carbocycles. The SMILES string of the molecule is COc1cccc(-c2cc(C#N)ccc2OCC(O)(c2ccc(C#N)cc2)c2cncn2C)c1. The van der Waals surface area contributed by atoms with E-state index >= 15 is 0 Å². The van der Waals surface area contributed by atoms with Crippen LogP contribution in [-0.4, -0.2) is 28.4 Å². The fourth-order valence-corrected chi connectivity index (χ4v) is 3.81.